The van der Waals surface area contributed by atoms with Crippen molar-refractivity contribution in [3.05, 3.63) is 82.1 Å². The summed E-state index contributed by atoms with van der Waals surface area (Å²) in [4.78, 5) is 29.5. The number of hydrogen-bond acceptors (Lipinski definition) is 3. The van der Waals surface area contributed by atoms with Gasteiger partial charge < -0.3 is 10.6 Å². The Morgan fingerprint density at radius 1 is 0.841 bits per heavy atom. The molecule has 2 aromatic carbocycles. The number of anilines is 2. The van der Waals surface area contributed by atoms with E-state index in [0.717, 1.165) is 25.7 Å². The molecule has 0 atom stereocenters. The Kier molecular flexibility index (Phi) is 11.7. The minimum absolute atomic E-state index is 0.00786. The highest BCUT2D eigenvalue weighted by Gasteiger charge is 2.39. The van der Waals surface area contributed by atoms with Crippen LogP contribution in [0, 0.1) is 0 Å². The van der Waals surface area contributed by atoms with Crippen LogP contribution in [0.25, 0.3) is 16.9 Å². The summed E-state index contributed by atoms with van der Waals surface area (Å²) in [6.45, 7) is 2.20. The van der Waals surface area contributed by atoms with E-state index in [-0.39, 0.29) is 44.1 Å². The zero-order valence-electron chi connectivity index (χ0n) is 24.4. The number of alkyl halides is 3. The van der Waals surface area contributed by atoms with E-state index in [1.165, 1.54) is 79.1 Å². The van der Waals surface area contributed by atoms with Crippen molar-refractivity contribution in [1.82, 2.24) is 9.38 Å². The van der Waals surface area contributed by atoms with E-state index in [1.54, 1.807) is 18.2 Å². The summed E-state index contributed by atoms with van der Waals surface area (Å²) in [5, 5.41) is 5.59. The zero-order chi connectivity index (χ0) is 31.7. The standard InChI is InChI=1S/C33H35Cl2F3N4O2/c1-2-3-4-5-6-7-8-9-10-19-27(43)39-23-15-11-14-22(21-23)29-30(33(36,37)38)41-31-26(18-13-20-42(29)31)40-32(44)28-24(34)16-12-17-25(28)35/h11-18,20-21H,2-10,19H2,1H3,(H,39,43)(H,40,44). The summed E-state index contributed by atoms with van der Waals surface area (Å²) in [7, 11) is 0. The average Bonchev–Trinajstić information content (AvgIpc) is 3.38. The van der Waals surface area contributed by atoms with Crippen LogP contribution in [-0.2, 0) is 11.0 Å². The van der Waals surface area contributed by atoms with Crippen LogP contribution < -0.4 is 10.6 Å². The number of carbonyl (C=O) groups is 2. The SMILES string of the molecule is CCCCCCCCCCCC(=O)Nc1cccc(-c2c(C(F)(F)F)nc3c(NC(=O)c4c(Cl)cccc4Cl)cccn23)c1. The van der Waals surface area contributed by atoms with E-state index >= 15 is 0 Å². The number of aromatic nitrogens is 2. The normalized spacial score (nSPS) is 11.6. The van der Waals surface area contributed by atoms with Crippen molar-refractivity contribution in [2.45, 2.75) is 77.3 Å². The Balaban J connectivity index is 1.51. The van der Waals surface area contributed by atoms with Gasteiger partial charge in [0.25, 0.3) is 5.91 Å². The number of benzene rings is 2. The van der Waals surface area contributed by atoms with Crippen LogP contribution in [-0.4, -0.2) is 21.2 Å². The molecule has 0 bridgehead atoms. The van der Waals surface area contributed by atoms with Gasteiger partial charge in [-0.15, -0.1) is 0 Å². The van der Waals surface area contributed by atoms with Gasteiger partial charge in [0.1, 0.15) is 0 Å². The molecule has 2 aromatic heterocycles. The molecule has 0 saturated heterocycles. The van der Waals surface area contributed by atoms with Gasteiger partial charge in [0.05, 0.1) is 27.0 Å². The van der Waals surface area contributed by atoms with Gasteiger partial charge in [-0.25, -0.2) is 4.98 Å². The van der Waals surface area contributed by atoms with Crippen LogP contribution in [0.15, 0.2) is 60.8 Å². The molecule has 2 heterocycles. The van der Waals surface area contributed by atoms with E-state index in [4.69, 9.17) is 23.2 Å². The van der Waals surface area contributed by atoms with Crippen LogP contribution >= 0.6 is 23.2 Å². The molecule has 6 nitrogen and oxygen atoms in total. The topological polar surface area (TPSA) is 75.5 Å². The van der Waals surface area contributed by atoms with Gasteiger partial charge in [0.15, 0.2) is 11.3 Å². The fourth-order valence-corrected chi connectivity index (χ4v) is 5.67. The fourth-order valence-electron chi connectivity index (χ4n) is 5.10. The van der Waals surface area contributed by atoms with Gasteiger partial charge >= 0.3 is 6.18 Å². The van der Waals surface area contributed by atoms with E-state index in [9.17, 15) is 22.8 Å². The molecule has 2 amide bonds. The van der Waals surface area contributed by atoms with Crippen LogP contribution in [0.5, 0.6) is 0 Å². The molecule has 4 rings (SSSR count). The molecular weight excluding hydrogens is 612 g/mol. The number of nitrogens with zero attached hydrogens (tertiary/aromatic N) is 2. The first-order valence-corrected chi connectivity index (χ1v) is 15.6. The molecule has 11 heteroatoms. The quantitative estimate of drug-likeness (QED) is 0.134. The maximum absolute atomic E-state index is 14.3. The first-order chi connectivity index (χ1) is 21.1. The number of rotatable bonds is 14. The Labute approximate surface area is 265 Å². The number of imidazole rings is 1. The van der Waals surface area contributed by atoms with Gasteiger partial charge in [-0.3, -0.25) is 14.0 Å². The number of hydrogen-bond donors (Lipinski definition) is 2. The van der Waals surface area contributed by atoms with Crippen LogP contribution in [0.1, 0.15) is 87.2 Å². The van der Waals surface area contributed by atoms with Crippen molar-refractivity contribution in [3.63, 3.8) is 0 Å². The highest BCUT2D eigenvalue weighted by atomic mass is 35.5. The molecule has 0 spiro atoms. The second-order valence-corrected chi connectivity index (χ2v) is 11.5. The van der Waals surface area contributed by atoms with Crippen molar-refractivity contribution in [1.29, 1.82) is 0 Å². The Bertz CT molecular complexity index is 1580. The van der Waals surface area contributed by atoms with E-state index < -0.39 is 17.8 Å². The Morgan fingerprint density at radius 2 is 1.48 bits per heavy atom. The number of fused-ring (bicyclic) bond motifs is 1. The van der Waals surface area contributed by atoms with E-state index in [2.05, 4.69) is 22.5 Å². The molecule has 0 aliphatic carbocycles. The molecule has 0 aliphatic rings. The number of nitrogens with one attached hydrogen (secondary N) is 2. The van der Waals surface area contributed by atoms with E-state index in [0.29, 0.717) is 12.1 Å². The van der Waals surface area contributed by atoms with Crippen LogP contribution in [0.3, 0.4) is 0 Å². The van der Waals surface area contributed by atoms with Crippen molar-refractivity contribution < 1.29 is 22.8 Å². The smallest absolute Gasteiger partial charge is 0.326 e. The molecule has 0 unspecified atom stereocenters. The fraction of sp³-hybridized carbons (Fsp3) is 0.364. The predicted octanol–water partition coefficient (Wildman–Crippen LogP) is 10.4. The lowest BCUT2D eigenvalue weighted by Crippen LogP contribution is -2.14. The molecule has 234 valence electrons. The second kappa shape index (κ2) is 15.4. The van der Waals surface area contributed by atoms with E-state index in [1.807, 2.05) is 0 Å². The van der Waals surface area contributed by atoms with Gasteiger partial charge in [0, 0.05) is 23.9 Å². The Hall–Kier alpha value is -3.56. The highest BCUT2D eigenvalue weighted by Crippen LogP contribution is 2.39. The Morgan fingerprint density at radius 3 is 2.14 bits per heavy atom. The maximum atomic E-state index is 14.3. The lowest BCUT2D eigenvalue weighted by Gasteiger charge is -2.12. The first kappa shape index (κ1) is 33.3. The largest absolute Gasteiger partial charge is 0.435 e. The number of amides is 2. The lowest BCUT2D eigenvalue weighted by atomic mass is 10.1. The highest BCUT2D eigenvalue weighted by molar-refractivity contribution is 6.40. The van der Waals surface area contributed by atoms with Crippen LogP contribution in [0.4, 0.5) is 24.5 Å². The second-order valence-electron chi connectivity index (χ2n) is 10.7. The monoisotopic (exact) mass is 646 g/mol. The van der Waals surface area contributed by atoms with Crippen molar-refractivity contribution >= 4 is 52.0 Å². The summed E-state index contributed by atoms with van der Waals surface area (Å²) in [6.07, 6.45) is 7.15. The van der Waals surface area contributed by atoms with Gasteiger partial charge in [0.2, 0.25) is 5.91 Å². The lowest BCUT2D eigenvalue weighted by molar-refractivity contribution is -0.140. The summed E-state index contributed by atoms with van der Waals surface area (Å²) < 4.78 is 44.1. The van der Waals surface area contributed by atoms with Crippen molar-refractivity contribution in [2.75, 3.05) is 10.6 Å². The zero-order valence-corrected chi connectivity index (χ0v) is 26.0. The van der Waals surface area contributed by atoms with Crippen molar-refractivity contribution in [3.8, 4) is 11.3 Å². The molecule has 4 aromatic rings. The third-order valence-electron chi connectivity index (χ3n) is 7.28. The van der Waals surface area contributed by atoms with Gasteiger partial charge in [-0.05, 0) is 42.8 Å². The third-order valence-corrected chi connectivity index (χ3v) is 7.91. The minimum atomic E-state index is -4.80. The van der Waals surface area contributed by atoms with Crippen LogP contribution in [0.2, 0.25) is 10.0 Å². The first-order valence-electron chi connectivity index (χ1n) is 14.8. The molecular formula is C33H35Cl2F3N4O2. The molecule has 0 radical (unpaired) electrons. The third kappa shape index (κ3) is 8.54. The number of unbranched alkanes of at least 4 members (excludes halogenated alkanes) is 8. The summed E-state index contributed by atoms with van der Waals surface area (Å²) in [5.41, 5.74) is -0.872. The number of halogens is 5. The molecule has 0 saturated carbocycles. The minimum Gasteiger partial charge on any atom is -0.326 e. The van der Waals surface area contributed by atoms with Gasteiger partial charge in [-0.2, -0.15) is 13.2 Å². The van der Waals surface area contributed by atoms with Gasteiger partial charge in [-0.1, -0.05) is 99.7 Å². The summed E-state index contributed by atoms with van der Waals surface area (Å²) in [6, 6.07) is 13.7. The average molecular weight is 648 g/mol. The summed E-state index contributed by atoms with van der Waals surface area (Å²) in [5.74, 6) is -0.883. The van der Waals surface area contributed by atoms with Crippen molar-refractivity contribution in [2.24, 2.45) is 0 Å². The molecule has 2 N–H and O–H groups in total. The number of carbonyl (C=O) groups excluding carboxylic acids is 2. The number of pyridine rings is 1. The molecule has 44 heavy (non-hydrogen) atoms. The maximum Gasteiger partial charge on any atom is 0.435 e. The summed E-state index contributed by atoms with van der Waals surface area (Å²) >= 11 is 12.3. The molecule has 0 fully saturated rings. The molecule has 0 aliphatic heterocycles. The predicted molar refractivity (Wildman–Crippen MR) is 171 cm³/mol.